The zero-order chi connectivity index (χ0) is 21.0. The Morgan fingerprint density at radius 1 is 1.03 bits per heavy atom. The van der Waals surface area contributed by atoms with Gasteiger partial charge in [0, 0.05) is 18.7 Å². The quantitative estimate of drug-likeness (QED) is 0.654. The topological polar surface area (TPSA) is 85.4 Å². The molecule has 0 N–H and O–H groups in total. The number of imide groups is 1. The largest absolute Gasteiger partial charge is 0.493 e. The van der Waals surface area contributed by atoms with Crippen molar-refractivity contribution in [2.24, 2.45) is 0 Å². The molecule has 1 aromatic carbocycles. The van der Waals surface area contributed by atoms with E-state index in [0.717, 1.165) is 35.9 Å². The number of hydrogen-bond donors (Lipinski definition) is 0. The molecule has 3 rings (SSSR count). The molecule has 0 unspecified atom stereocenters. The van der Waals surface area contributed by atoms with Crippen LogP contribution in [0.4, 0.5) is 4.79 Å². The number of amides is 3. The number of piperidine rings is 1. The van der Waals surface area contributed by atoms with Crippen molar-refractivity contribution in [3.63, 3.8) is 0 Å². The van der Waals surface area contributed by atoms with E-state index in [1.807, 2.05) is 0 Å². The first-order valence-electron chi connectivity index (χ1n) is 9.32. The van der Waals surface area contributed by atoms with E-state index in [2.05, 4.69) is 0 Å². The van der Waals surface area contributed by atoms with Crippen LogP contribution in [-0.2, 0) is 9.59 Å². The summed E-state index contributed by atoms with van der Waals surface area (Å²) in [6.45, 7) is 1.12. The van der Waals surface area contributed by atoms with Crippen molar-refractivity contribution in [3.8, 4) is 17.2 Å². The minimum absolute atomic E-state index is 0.197. The summed E-state index contributed by atoms with van der Waals surface area (Å²) in [7, 11) is 4.49. The second kappa shape index (κ2) is 9.21. The number of carbonyl (C=O) groups is 3. The highest BCUT2D eigenvalue weighted by atomic mass is 32.2. The molecule has 1 aromatic rings. The lowest BCUT2D eigenvalue weighted by Crippen LogP contribution is -2.44. The van der Waals surface area contributed by atoms with Crippen LogP contribution in [0.1, 0.15) is 24.8 Å². The zero-order valence-corrected chi connectivity index (χ0v) is 17.5. The van der Waals surface area contributed by atoms with E-state index in [9.17, 15) is 14.4 Å². The van der Waals surface area contributed by atoms with Gasteiger partial charge in [-0.3, -0.25) is 19.3 Å². The summed E-state index contributed by atoms with van der Waals surface area (Å²) < 4.78 is 16.0. The molecule has 3 amide bonds. The van der Waals surface area contributed by atoms with E-state index >= 15 is 0 Å². The third-order valence-electron chi connectivity index (χ3n) is 4.90. The molecule has 2 heterocycles. The van der Waals surface area contributed by atoms with Crippen LogP contribution < -0.4 is 14.2 Å². The minimum atomic E-state index is -0.484. The molecule has 0 spiro atoms. The van der Waals surface area contributed by atoms with Gasteiger partial charge < -0.3 is 19.1 Å². The van der Waals surface area contributed by atoms with Gasteiger partial charge in [-0.15, -0.1) is 0 Å². The molecule has 156 valence electrons. The standard InChI is InChI=1S/C20H24N2O6S/c1-26-14-8-7-13(17(27-2)18(14)28-3)11-15-19(24)22(20(25)29-15)12-16(23)21-9-5-4-6-10-21/h7-8,11H,4-6,9-10,12H2,1-3H3. The number of carbonyl (C=O) groups excluding carboxylic acids is 3. The lowest BCUT2D eigenvalue weighted by Gasteiger charge is -2.27. The van der Waals surface area contributed by atoms with Crippen molar-refractivity contribution in [1.29, 1.82) is 0 Å². The Hall–Kier alpha value is -2.68. The molecule has 8 nitrogen and oxygen atoms in total. The number of methoxy groups -OCH3 is 3. The number of thioether (sulfide) groups is 1. The second-order valence-corrected chi connectivity index (χ2v) is 7.63. The lowest BCUT2D eigenvalue weighted by molar-refractivity contribution is -0.136. The lowest BCUT2D eigenvalue weighted by atomic mass is 10.1. The SMILES string of the molecule is COc1ccc(C=C2SC(=O)N(CC(=O)N3CCCCC3)C2=O)c(OC)c1OC. The Balaban J connectivity index is 1.82. The fourth-order valence-electron chi connectivity index (χ4n) is 3.39. The first kappa shape index (κ1) is 21.0. The molecule has 0 atom stereocenters. The predicted molar refractivity (Wildman–Crippen MR) is 109 cm³/mol. The van der Waals surface area contributed by atoms with Gasteiger partial charge in [0.1, 0.15) is 6.54 Å². The van der Waals surface area contributed by atoms with Crippen molar-refractivity contribution >= 4 is 34.9 Å². The summed E-state index contributed by atoms with van der Waals surface area (Å²) in [5, 5.41) is -0.453. The summed E-state index contributed by atoms with van der Waals surface area (Å²) in [6.07, 6.45) is 4.57. The number of benzene rings is 1. The number of ether oxygens (including phenoxy) is 3. The van der Waals surface area contributed by atoms with Gasteiger partial charge in [0.2, 0.25) is 11.7 Å². The molecule has 2 fully saturated rings. The third-order valence-corrected chi connectivity index (χ3v) is 5.80. The van der Waals surface area contributed by atoms with E-state index in [1.54, 1.807) is 23.1 Å². The molecule has 2 aliphatic rings. The summed E-state index contributed by atoms with van der Waals surface area (Å²) in [5.74, 6) is 0.590. The van der Waals surface area contributed by atoms with Crippen molar-refractivity contribution in [3.05, 3.63) is 22.6 Å². The minimum Gasteiger partial charge on any atom is -0.493 e. The zero-order valence-electron chi connectivity index (χ0n) is 16.7. The summed E-state index contributed by atoms with van der Waals surface area (Å²) >= 11 is 0.808. The van der Waals surface area contributed by atoms with Crippen LogP contribution in [0, 0.1) is 0 Å². The Bertz CT molecular complexity index is 848. The Labute approximate surface area is 173 Å². The van der Waals surface area contributed by atoms with Crippen LogP contribution in [0.15, 0.2) is 17.0 Å². The molecule has 2 aliphatic heterocycles. The van der Waals surface area contributed by atoms with Gasteiger partial charge in [-0.25, -0.2) is 0 Å². The van der Waals surface area contributed by atoms with Crippen molar-refractivity contribution in [2.75, 3.05) is 41.0 Å². The number of hydrogen-bond acceptors (Lipinski definition) is 7. The monoisotopic (exact) mass is 420 g/mol. The molecule has 0 aromatic heterocycles. The van der Waals surface area contributed by atoms with Crippen LogP contribution in [0.25, 0.3) is 6.08 Å². The predicted octanol–water partition coefficient (Wildman–Crippen LogP) is 2.76. The molecule has 0 saturated carbocycles. The van der Waals surface area contributed by atoms with Gasteiger partial charge in [-0.2, -0.15) is 0 Å². The highest BCUT2D eigenvalue weighted by molar-refractivity contribution is 8.18. The molecular formula is C20H24N2O6S. The Morgan fingerprint density at radius 2 is 1.72 bits per heavy atom. The van der Waals surface area contributed by atoms with Crippen molar-refractivity contribution in [2.45, 2.75) is 19.3 Å². The van der Waals surface area contributed by atoms with E-state index in [0.29, 0.717) is 35.9 Å². The van der Waals surface area contributed by atoms with Gasteiger partial charge in [0.25, 0.3) is 11.1 Å². The van der Waals surface area contributed by atoms with Crippen molar-refractivity contribution in [1.82, 2.24) is 9.80 Å². The highest BCUT2D eigenvalue weighted by Gasteiger charge is 2.37. The first-order valence-corrected chi connectivity index (χ1v) is 10.1. The number of likely N-dealkylation sites (tertiary alicyclic amines) is 1. The molecule has 0 bridgehead atoms. The van der Waals surface area contributed by atoms with Crippen molar-refractivity contribution < 1.29 is 28.6 Å². The van der Waals surface area contributed by atoms with Crippen LogP contribution in [0.5, 0.6) is 17.2 Å². The molecular weight excluding hydrogens is 396 g/mol. The van der Waals surface area contributed by atoms with Crippen LogP contribution in [0.2, 0.25) is 0 Å². The molecule has 0 aliphatic carbocycles. The second-order valence-electron chi connectivity index (χ2n) is 6.63. The Kier molecular flexibility index (Phi) is 6.68. The molecule has 0 radical (unpaired) electrons. The third kappa shape index (κ3) is 4.34. The van der Waals surface area contributed by atoms with Gasteiger partial charge in [0.15, 0.2) is 11.5 Å². The average Bonchev–Trinajstić information content (AvgIpc) is 3.01. The summed E-state index contributed by atoms with van der Waals surface area (Å²) in [6, 6.07) is 3.41. The van der Waals surface area contributed by atoms with E-state index in [4.69, 9.17) is 14.2 Å². The van der Waals surface area contributed by atoms with Gasteiger partial charge in [-0.05, 0) is 49.2 Å². The molecule has 2 saturated heterocycles. The van der Waals surface area contributed by atoms with E-state index in [-0.39, 0.29) is 17.4 Å². The number of nitrogens with zero attached hydrogens (tertiary/aromatic N) is 2. The van der Waals surface area contributed by atoms with Gasteiger partial charge in [0.05, 0.1) is 26.2 Å². The van der Waals surface area contributed by atoms with Crippen LogP contribution in [0.3, 0.4) is 0 Å². The average molecular weight is 420 g/mol. The normalized spacial score (nSPS) is 18.4. The van der Waals surface area contributed by atoms with Gasteiger partial charge in [-0.1, -0.05) is 0 Å². The fourth-order valence-corrected chi connectivity index (χ4v) is 4.22. The van der Waals surface area contributed by atoms with Crippen LogP contribution >= 0.6 is 11.8 Å². The summed E-state index contributed by atoms with van der Waals surface area (Å²) in [5.41, 5.74) is 0.568. The fraction of sp³-hybridized carbons (Fsp3) is 0.450. The maximum absolute atomic E-state index is 12.8. The van der Waals surface area contributed by atoms with Crippen LogP contribution in [-0.4, -0.2) is 67.8 Å². The Morgan fingerprint density at radius 3 is 2.34 bits per heavy atom. The maximum Gasteiger partial charge on any atom is 0.294 e. The van der Waals surface area contributed by atoms with E-state index < -0.39 is 11.1 Å². The molecule has 29 heavy (non-hydrogen) atoms. The van der Waals surface area contributed by atoms with E-state index in [1.165, 1.54) is 21.3 Å². The molecule has 9 heteroatoms. The summed E-state index contributed by atoms with van der Waals surface area (Å²) in [4.78, 5) is 40.5. The smallest absolute Gasteiger partial charge is 0.294 e. The number of rotatable bonds is 6. The first-order chi connectivity index (χ1) is 14.0. The highest BCUT2D eigenvalue weighted by Crippen LogP contribution is 2.42. The van der Waals surface area contributed by atoms with Gasteiger partial charge >= 0.3 is 0 Å². The maximum atomic E-state index is 12.8.